The Balaban J connectivity index is 2.03. The molecule has 4 rings (SSSR count). The van der Waals surface area contributed by atoms with Crippen LogP contribution in [0.5, 0.6) is 0 Å². The molecule has 2 aliphatic carbocycles. The van der Waals surface area contributed by atoms with Gasteiger partial charge in [-0.15, -0.1) is 0 Å². The fourth-order valence-electron chi connectivity index (χ4n) is 6.81. The quantitative estimate of drug-likeness (QED) is 0.218. The van der Waals surface area contributed by atoms with Crippen LogP contribution >= 0.6 is 0 Å². The molecule has 1 N–H and O–H groups in total. The van der Waals surface area contributed by atoms with Crippen molar-refractivity contribution in [3.63, 3.8) is 0 Å². The summed E-state index contributed by atoms with van der Waals surface area (Å²) in [7, 11) is 0. The van der Waals surface area contributed by atoms with E-state index < -0.39 is 88.5 Å². The Morgan fingerprint density at radius 3 is 2.15 bits per heavy atom. The third kappa shape index (κ3) is 4.84. The summed E-state index contributed by atoms with van der Waals surface area (Å²) < 4.78 is 34.9. The Labute approximate surface area is 238 Å². The fourth-order valence-corrected chi connectivity index (χ4v) is 6.81. The summed E-state index contributed by atoms with van der Waals surface area (Å²) in [5.41, 5.74) is -5.99. The molecule has 2 aliphatic heterocycles. The molecule has 0 saturated carbocycles. The van der Waals surface area contributed by atoms with Crippen LogP contribution in [-0.4, -0.2) is 82.3 Å². The van der Waals surface area contributed by atoms with Crippen LogP contribution in [0.3, 0.4) is 0 Å². The van der Waals surface area contributed by atoms with Crippen molar-refractivity contribution < 1.29 is 57.5 Å². The summed E-state index contributed by atoms with van der Waals surface area (Å²) in [5.74, 6) is -4.45. The Hall–Kier alpha value is -3.25. The second-order valence-corrected chi connectivity index (χ2v) is 11.8. The average molecular weight is 579 g/mol. The molecule has 12 nitrogen and oxygen atoms in total. The average Bonchev–Trinajstić information content (AvgIpc) is 3.44. The first-order valence-electron chi connectivity index (χ1n) is 13.7. The van der Waals surface area contributed by atoms with E-state index in [1.54, 1.807) is 32.9 Å². The molecule has 0 aromatic rings. The third-order valence-electron chi connectivity index (χ3n) is 8.86. The van der Waals surface area contributed by atoms with Crippen LogP contribution < -0.4 is 0 Å². The number of carbonyl (C=O) groups excluding carboxylic acids is 5. The van der Waals surface area contributed by atoms with Crippen molar-refractivity contribution in [2.45, 2.75) is 116 Å². The van der Waals surface area contributed by atoms with Crippen molar-refractivity contribution in [2.24, 2.45) is 11.3 Å². The maximum absolute atomic E-state index is 13.1. The lowest BCUT2D eigenvalue weighted by molar-refractivity contribution is -0.220. The molecule has 0 unspecified atom stereocenters. The number of hydrogen-bond donors (Lipinski definition) is 1. The normalized spacial score (nSPS) is 44.0. The van der Waals surface area contributed by atoms with Crippen molar-refractivity contribution in [1.29, 1.82) is 0 Å². The molecule has 12 heteroatoms. The highest BCUT2D eigenvalue weighted by Crippen LogP contribution is 2.65. The third-order valence-corrected chi connectivity index (χ3v) is 8.86. The summed E-state index contributed by atoms with van der Waals surface area (Å²) in [5, 5.41) is 12.2. The maximum Gasteiger partial charge on any atom is 0.342 e. The monoisotopic (exact) mass is 578 g/mol. The summed E-state index contributed by atoms with van der Waals surface area (Å²) >= 11 is 0. The number of ether oxygens (including phenoxy) is 6. The van der Waals surface area contributed by atoms with Crippen molar-refractivity contribution in [1.82, 2.24) is 0 Å². The molecule has 4 aliphatic rings. The van der Waals surface area contributed by atoms with Crippen LogP contribution in [-0.2, 0) is 52.4 Å². The van der Waals surface area contributed by atoms with Gasteiger partial charge in [0.1, 0.15) is 30.0 Å². The van der Waals surface area contributed by atoms with Gasteiger partial charge in [0.25, 0.3) is 0 Å². The van der Waals surface area contributed by atoms with E-state index in [1.807, 2.05) is 0 Å². The van der Waals surface area contributed by atoms with E-state index in [0.29, 0.717) is 5.57 Å². The minimum absolute atomic E-state index is 0.0438. The van der Waals surface area contributed by atoms with E-state index in [-0.39, 0.29) is 12.8 Å². The predicted molar refractivity (Wildman–Crippen MR) is 139 cm³/mol. The van der Waals surface area contributed by atoms with Gasteiger partial charge in [-0.2, -0.15) is 0 Å². The highest BCUT2D eigenvalue weighted by molar-refractivity contribution is 5.89. The molecule has 41 heavy (non-hydrogen) atoms. The van der Waals surface area contributed by atoms with Gasteiger partial charge >= 0.3 is 29.8 Å². The van der Waals surface area contributed by atoms with E-state index in [0.717, 1.165) is 0 Å². The van der Waals surface area contributed by atoms with E-state index in [2.05, 4.69) is 0 Å². The minimum atomic E-state index is -1.96. The zero-order chi connectivity index (χ0) is 30.7. The number of esters is 5. The van der Waals surface area contributed by atoms with Crippen molar-refractivity contribution in [3.05, 3.63) is 23.8 Å². The van der Waals surface area contributed by atoms with Gasteiger partial charge in [-0.1, -0.05) is 19.9 Å². The maximum atomic E-state index is 13.1. The SMILES string of the molecule is CCC(=O)O[C@H]1C[C@H](OC(C)=O)[C@@]2(C)C=C[C@@H](OC(C)=O)[C@](C)(O)[C@@H]2[C@@H](OC(C)=O)[C@]23O[C@@]2(C)C(=O)O[C@H]3/C=C\1C. The summed E-state index contributed by atoms with van der Waals surface area (Å²) in [6.07, 6.45) is -0.910. The van der Waals surface area contributed by atoms with E-state index >= 15 is 0 Å². The lowest BCUT2D eigenvalue weighted by Gasteiger charge is -2.55. The molecule has 0 radical (unpaired) electrons. The van der Waals surface area contributed by atoms with Crippen molar-refractivity contribution >= 4 is 29.8 Å². The first-order valence-corrected chi connectivity index (χ1v) is 13.7. The predicted octanol–water partition coefficient (Wildman–Crippen LogP) is 1.85. The number of carbonyl (C=O) groups is 5. The standard InChI is InChI=1S/C29H38O12/c1-9-22(33)39-18-13-20(37-16(4)31)26(6)11-10-19(36-15(3)30)27(7,35)23(26)24(38-17(5)32)29-21(12-14(18)2)40-25(34)28(29,8)41-29/h10-12,18-21,23-24,35H,9,13H2,1-8H3/b14-12-/t18-,19+,20-,21-,23+,24+,26+,27-,28-,29-/m0/s1. The molecular weight excluding hydrogens is 540 g/mol. The number of fused-ring (bicyclic) bond motifs is 1. The zero-order valence-corrected chi connectivity index (χ0v) is 24.5. The van der Waals surface area contributed by atoms with Crippen molar-refractivity contribution in [3.8, 4) is 0 Å². The van der Waals surface area contributed by atoms with Crippen molar-refractivity contribution in [2.75, 3.05) is 0 Å². The van der Waals surface area contributed by atoms with Crippen LogP contribution in [0.1, 0.15) is 68.2 Å². The number of rotatable bonds is 5. The molecule has 1 spiro atoms. The molecule has 2 fully saturated rings. The van der Waals surface area contributed by atoms with Gasteiger partial charge in [-0.05, 0) is 38.5 Å². The second kappa shape index (κ2) is 10.2. The largest absolute Gasteiger partial charge is 0.461 e. The lowest BCUT2D eigenvalue weighted by atomic mass is 9.55. The molecule has 0 aromatic carbocycles. The highest BCUT2D eigenvalue weighted by atomic mass is 16.7. The van der Waals surface area contributed by atoms with Gasteiger partial charge < -0.3 is 33.5 Å². The first kappa shape index (κ1) is 30.7. The minimum Gasteiger partial charge on any atom is -0.461 e. The lowest BCUT2D eigenvalue weighted by Crippen LogP contribution is -2.67. The Morgan fingerprint density at radius 2 is 1.61 bits per heavy atom. The van der Waals surface area contributed by atoms with E-state index in [1.165, 1.54) is 40.7 Å². The first-order chi connectivity index (χ1) is 18.9. The van der Waals surface area contributed by atoms with Gasteiger partial charge in [-0.25, -0.2) is 4.79 Å². The topological polar surface area (TPSA) is 164 Å². The van der Waals surface area contributed by atoms with Crippen LogP contribution in [0.2, 0.25) is 0 Å². The van der Waals surface area contributed by atoms with Gasteiger partial charge in [0, 0.05) is 44.9 Å². The second-order valence-electron chi connectivity index (χ2n) is 11.8. The molecule has 0 aromatic heterocycles. The van der Waals surface area contributed by atoms with Crippen LogP contribution in [0, 0.1) is 11.3 Å². The van der Waals surface area contributed by atoms with Gasteiger partial charge in [0.15, 0.2) is 17.3 Å². The summed E-state index contributed by atoms with van der Waals surface area (Å²) in [6, 6.07) is 0. The molecule has 0 bridgehead atoms. The summed E-state index contributed by atoms with van der Waals surface area (Å²) in [4.78, 5) is 62.7. The molecular formula is C29H38O12. The molecule has 226 valence electrons. The van der Waals surface area contributed by atoms with E-state index in [4.69, 9.17) is 28.4 Å². The number of aliphatic hydroxyl groups is 1. The molecule has 2 saturated heterocycles. The number of epoxide rings is 1. The van der Waals surface area contributed by atoms with Gasteiger partial charge in [0.05, 0.1) is 0 Å². The van der Waals surface area contributed by atoms with E-state index in [9.17, 15) is 29.1 Å². The highest BCUT2D eigenvalue weighted by Gasteiger charge is 2.87. The number of hydrogen-bond acceptors (Lipinski definition) is 12. The van der Waals surface area contributed by atoms with Gasteiger partial charge in [0.2, 0.25) is 0 Å². The Morgan fingerprint density at radius 1 is 1.00 bits per heavy atom. The Kier molecular flexibility index (Phi) is 7.66. The van der Waals surface area contributed by atoms with Crippen LogP contribution in [0.4, 0.5) is 0 Å². The Bertz CT molecular complexity index is 1220. The molecule has 2 heterocycles. The smallest absolute Gasteiger partial charge is 0.342 e. The van der Waals surface area contributed by atoms with Crippen LogP contribution in [0.15, 0.2) is 23.8 Å². The van der Waals surface area contributed by atoms with Gasteiger partial charge in [-0.3, -0.25) is 19.2 Å². The zero-order valence-electron chi connectivity index (χ0n) is 24.5. The molecule has 0 amide bonds. The molecule has 10 atom stereocenters. The summed E-state index contributed by atoms with van der Waals surface area (Å²) in [6.45, 7) is 11.5. The van der Waals surface area contributed by atoms with Crippen LogP contribution in [0.25, 0.3) is 0 Å². The fraction of sp³-hybridized carbons (Fsp3) is 0.690.